The maximum absolute atomic E-state index is 10.4. The fourth-order valence-electron chi connectivity index (χ4n) is 2.39. The predicted octanol–water partition coefficient (Wildman–Crippen LogP) is 2.87. The Morgan fingerprint density at radius 1 is 1.27 bits per heavy atom. The fourth-order valence-corrected chi connectivity index (χ4v) is 2.39. The summed E-state index contributed by atoms with van der Waals surface area (Å²) >= 11 is 0. The Hall–Kier alpha value is -0.370. The number of nitrogens with zero attached hydrogens (tertiary/aromatic N) is 1. The molecule has 1 fully saturated rings. The lowest BCUT2D eigenvalue weighted by Crippen LogP contribution is -2.35. The normalized spacial score (nSPS) is 17.9. The molecule has 1 rings (SSSR count). The molecule has 0 unspecified atom stereocenters. The van der Waals surface area contributed by atoms with Crippen LogP contribution in [0.2, 0.25) is 0 Å². The summed E-state index contributed by atoms with van der Waals surface area (Å²) in [5.41, 5.74) is 0. The maximum atomic E-state index is 10.4. The molecule has 1 aliphatic carbocycles. The third kappa shape index (κ3) is 4.78. The topological polar surface area (TPSA) is 20.3 Å². The van der Waals surface area contributed by atoms with Crippen molar-refractivity contribution in [3.8, 4) is 0 Å². The third-order valence-corrected chi connectivity index (χ3v) is 3.37. The number of carbonyl (C=O) groups is 1. The molecule has 0 atom stereocenters. The van der Waals surface area contributed by atoms with Gasteiger partial charge in [0.05, 0.1) is 0 Å². The van der Waals surface area contributed by atoms with Crippen LogP contribution in [0.1, 0.15) is 52.4 Å². The largest absolute Gasteiger partial charge is 0.303 e. The van der Waals surface area contributed by atoms with Crippen LogP contribution in [-0.2, 0) is 4.79 Å². The average molecular weight is 211 g/mol. The van der Waals surface area contributed by atoms with Gasteiger partial charge < -0.3 is 4.79 Å². The number of hydrogen-bond donors (Lipinski definition) is 0. The summed E-state index contributed by atoms with van der Waals surface area (Å²) in [5, 5.41) is 0. The summed E-state index contributed by atoms with van der Waals surface area (Å²) in [6.07, 6.45) is 8.46. The van der Waals surface area contributed by atoms with Gasteiger partial charge in [-0.15, -0.1) is 0 Å². The van der Waals surface area contributed by atoms with Gasteiger partial charge >= 0.3 is 0 Å². The third-order valence-electron chi connectivity index (χ3n) is 3.37. The zero-order chi connectivity index (χ0) is 11.1. The van der Waals surface area contributed by atoms with Gasteiger partial charge in [-0.2, -0.15) is 0 Å². The highest BCUT2D eigenvalue weighted by Crippen LogP contribution is 2.24. The van der Waals surface area contributed by atoms with Crippen molar-refractivity contribution >= 4 is 6.29 Å². The van der Waals surface area contributed by atoms with Gasteiger partial charge in [0, 0.05) is 19.0 Å². The number of aldehydes is 1. The number of rotatable bonds is 7. The molecule has 0 radical (unpaired) electrons. The highest BCUT2D eigenvalue weighted by molar-refractivity contribution is 5.49. The van der Waals surface area contributed by atoms with E-state index >= 15 is 0 Å². The lowest BCUT2D eigenvalue weighted by Gasteiger charge is -2.28. The number of carbonyl (C=O) groups excluding carboxylic acids is 1. The highest BCUT2D eigenvalue weighted by Gasteiger charge is 2.21. The minimum absolute atomic E-state index is 0.703. The van der Waals surface area contributed by atoms with E-state index in [1.54, 1.807) is 0 Å². The van der Waals surface area contributed by atoms with Crippen LogP contribution in [-0.4, -0.2) is 30.3 Å². The quantitative estimate of drug-likeness (QED) is 0.604. The molecule has 0 N–H and O–H groups in total. The lowest BCUT2D eigenvalue weighted by atomic mass is 10.1. The molecule has 0 aromatic carbocycles. The Labute approximate surface area is 94.0 Å². The fraction of sp³-hybridized carbons (Fsp3) is 0.923. The second-order valence-corrected chi connectivity index (χ2v) is 5.11. The maximum Gasteiger partial charge on any atom is 0.121 e. The van der Waals surface area contributed by atoms with Gasteiger partial charge in [0.1, 0.15) is 6.29 Å². The van der Waals surface area contributed by atoms with Gasteiger partial charge in [-0.3, -0.25) is 4.90 Å². The Morgan fingerprint density at radius 3 is 2.47 bits per heavy atom. The van der Waals surface area contributed by atoms with E-state index in [-0.39, 0.29) is 0 Å². The summed E-state index contributed by atoms with van der Waals surface area (Å²) in [5.74, 6) is 0.769. The van der Waals surface area contributed by atoms with Crippen molar-refractivity contribution in [1.29, 1.82) is 0 Å². The van der Waals surface area contributed by atoms with Crippen LogP contribution in [0.5, 0.6) is 0 Å². The summed E-state index contributed by atoms with van der Waals surface area (Å²) < 4.78 is 0. The van der Waals surface area contributed by atoms with E-state index in [1.807, 2.05) is 0 Å². The van der Waals surface area contributed by atoms with Crippen LogP contribution in [0, 0.1) is 5.92 Å². The molecular formula is C13H25NO. The van der Waals surface area contributed by atoms with E-state index in [4.69, 9.17) is 0 Å². The summed E-state index contributed by atoms with van der Waals surface area (Å²) in [6.45, 7) is 6.69. The van der Waals surface area contributed by atoms with Crippen LogP contribution < -0.4 is 0 Å². The van der Waals surface area contributed by atoms with Crippen molar-refractivity contribution in [3.63, 3.8) is 0 Å². The zero-order valence-corrected chi connectivity index (χ0v) is 10.2. The zero-order valence-electron chi connectivity index (χ0n) is 10.2. The molecule has 2 heteroatoms. The van der Waals surface area contributed by atoms with E-state index in [9.17, 15) is 4.79 Å². The van der Waals surface area contributed by atoms with Crippen molar-refractivity contribution in [2.24, 2.45) is 5.92 Å². The Kier molecular flexibility index (Phi) is 5.92. The summed E-state index contributed by atoms with van der Waals surface area (Å²) in [7, 11) is 0. The van der Waals surface area contributed by atoms with E-state index in [0.717, 1.165) is 24.8 Å². The van der Waals surface area contributed by atoms with Gasteiger partial charge in [0.2, 0.25) is 0 Å². The van der Waals surface area contributed by atoms with Crippen LogP contribution >= 0.6 is 0 Å². The Morgan fingerprint density at radius 2 is 1.93 bits per heavy atom. The van der Waals surface area contributed by atoms with Gasteiger partial charge in [0.25, 0.3) is 0 Å². The second-order valence-electron chi connectivity index (χ2n) is 5.11. The van der Waals surface area contributed by atoms with Crippen molar-refractivity contribution in [2.45, 2.75) is 58.4 Å². The first-order chi connectivity index (χ1) is 7.24. The van der Waals surface area contributed by atoms with Gasteiger partial charge in [-0.1, -0.05) is 26.7 Å². The molecule has 0 bridgehead atoms. The van der Waals surface area contributed by atoms with E-state index in [1.165, 1.54) is 38.6 Å². The van der Waals surface area contributed by atoms with Gasteiger partial charge in [0.15, 0.2) is 0 Å². The standard InChI is InChI=1S/C13H25NO/c1-12(2)8-10-14(9-5-11-15)13-6-3-4-7-13/h11-13H,3-10H2,1-2H3. The SMILES string of the molecule is CC(C)CCN(CCC=O)C1CCCC1. The molecule has 15 heavy (non-hydrogen) atoms. The molecular weight excluding hydrogens is 186 g/mol. The first kappa shape index (κ1) is 12.7. The molecule has 1 saturated carbocycles. The molecule has 2 nitrogen and oxygen atoms in total. The first-order valence-electron chi connectivity index (χ1n) is 6.41. The smallest absolute Gasteiger partial charge is 0.121 e. The predicted molar refractivity (Wildman–Crippen MR) is 64.0 cm³/mol. The Balaban J connectivity index is 2.33. The summed E-state index contributed by atoms with van der Waals surface area (Å²) in [4.78, 5) is 13.0. The van der Waals surface area contributed by atoms with E-state index < -0.39 is 0 Å². The van der Waals surface area contributed by atoms with E-state index in [2.05, 4.69) is 18.7 Å². The molecule has 88 valence electrons. The van der Waals surface area contributed by atoms with Crippen molar-refractivity contribution in [1.82, 2.24) is 4.90 Å². The van der Waals surface area contributed by atoms with Gasteiger partial charge in [-0.05, 0) is 31.7 Å². The summed E-state index contributed by atoms with van der Waals surface area (Å²) in [6, 6.07) is 0.767. The minimum Gasteiger partial charge on any atom is -0.303 e. The van der Waals surface area contributed by atoms with Crippen LogP contribution in [0.25, 0.3) is 0 Å². The van der Waals surface area contributed by atoms with Crippen LogP contribution in [0.3, 0.4) is 0 Å². The molecule has 0 aliphatic heterocycles. The lowest BCUT2D eigenvalue weighted by molar-refractivity contribution is -0.108. The molecule has 0 heterocycles. The number of hydrogen-bond acceptors (Lipinski definition) is 2. The molecule has 0 saturated heterocycles. The first-order valence-corrected chi connectivity index (χ1v) is 6.41. The monoisotopic (exact) mass is 211 g/mol. The minimum atomic E-state index is 0.703. The van der Waals surface area contributed by atoms with Crippen LogP contribution in [0.15, 0.2) is 0 Å². The van der Waals surface area contributed by atoms with E-state index in [0.29, 0.717) is 6.42 Å². The Bertz CT molecular complexity index is 173. The average Bonchev–Trinajstić information content (AvgIpc) is 2.71. The van der Waals surface area contributed by atoms with Crippen molar-refractivity contribution in [2.75, 3.05) is 13.1 Å². The van der Waals surface area contributed by atoms with Crippen LogP contribution in [0.4, 0.5) is 0 Å². The molecule has 0 spiro atoms. The van der Waals surface area contributed by atoms with Gasteiger partial charge in [-0.25, -0.2) is 0 Å². The van der Waals surface area contributed by atoms with Crippen molar-refractivity contribution in [3.05, 3.63) is 0 Å². The molecule has 0 aromatic rings. The molecule has 1 aliphatic rings. The highest BCUT2D eigenvalue weighted by atomic mass is 16.1. The second kappa shape index (κ2) is 7.00. The molecule has 0 amide bonds. The van der Waals surface area contributed by atoms with Crippen molar-refractivity contribution < 1.29 is 4.79 Å². The molecule has 0 aromatic heterocycles.